The molecule has 3 amide bonds. The number of hydrogen-bond donors (Lipinski definition) is 1. The molecule has 4 rings (SSSR count). The van der Waals surface area contributed by atoms with Crippen LogP contribution in [0.15, 0.2) is 34.8 Å². The highest BCUT2D eigenvalue weighted by Gasteiger charge is 2.54. The first-order valence-corrected chi connectivity index (χ1v) is 11.4. The molecule has 0 aromatic carbocycles. The number of nitrogens with zero attached hydrogens (tertiary/aromatic N) is 2. The summed E-state index contributed by atoms with van der Waals surface area (Å²) in [6.45, 7) is 6.98. The van der Waals surface area contributed by atoms with Crippen molar-refractivity contribution < 1.29 is 14.4 Å². The van der Waals surface area contributed by atoms with E-state index in [0.717, 1.165) is 24.3 Å². The second-order valence-electron chi connectivity index (χ2n) is 8.67. The quantitative estimate of drug-likeness (QED) is 0.765. The highest BCUT2D eigenvalue weighted by atomic mass is 32.2. The van der Waals surface area contributed by atoms with Gasteiger partial charge in [0.1, 0.15) is 6.04 Å². The summed E-state index contributed by atoms with van der Waals surface area (Å²) in [5.74, 6) is 1.34. The molecule has 6 nitrogen and oxygen atoms in total. The maximum atomic E-state index is 13.6. The maximum absolute atomic E-state index is 13.6. The number of piperidine rings is 1. The van der Waals surface area contributed by atoms with Gasteiger partial charge in [0, 0.05) is 38.6 Å². The number of likely N-dealkylation sites (tertiary alicyclic amines) is 2. The van der Waals surface area contributed by atoms with Crippen LogP contribution >= 0.6 is 11.8 Å². The number of fused-ring (bicyclic) bond motifs is 1. The van der Waals surface area contributed by atoms with Gasteiger partial charge in [-0.15, -0.1) is 11.8 Å². The van der Waals surface area contributed by atoms with Gasteiger partial charge in [-0.1, -0.05) is 25.2 Å². The van der Waals surface area contributed by atoms with Crippen LogP contribution in [0.2, 0.25) is 0 Å². The van der Waals surface area contributed by atoms with Crippen LogP contribution in [0.3, 0.4) is 0 Å². The van der Waals surface area contributed by atoms with Gasteiger partial charge in [-0.3, -0.25) is 14.4 Å². The third kappa shape index (κ3) is 3.43. The summed E-state index contributed by atoms with van der Waals surface area (Å²) in [5, 5.41) is 5.01. The van der Waals surface area contributed by atoms with Gasteiger partial charge in [-0.25, -0.2) is 0 Å². The minimum Gasteiger partial charge on any atom is -0.344 e. The molecule has 1 N–H and O–H groups in total. The number of rotatable bonds is 4. The number of amides is 3. The summed E-state index contributed by atoms with van der Waals surface area (Å²) < 4.78 is 0. The van der Waals surface area contributed by atoms with Crippen molar-refractivity contribution >= 4 is 29.5 Å². The van der Waals surface area contributed by atoms with E-state index in [0.29, 0.717) is 25.3 Å². The Balaban J connectivity index is 1.74. The lowest BCUT2D eigenvalue weighted by Gasteiger charge is -2.55. The first kappa shape index (κ1) is 20.3. The van der Waals surface area contributed by atoms with Gasteiger partial charge in [0.05, 0.1) is 11.6 Å². The lowest BCUT2D eigenvalue weighted by atomic mass is 9.72. The summed E-state index contributed by atoms with van der Waals surface area (Å²) in [5.41, 5.74) is 1.74. The van der Waals surface area contributed by atoms with Gasteiger partial charge >= 0.3 is 0 Å². The number of nitrogens with one attached hydrogen (secondary N) is 1. The predicted octanol–water partition coefficient (Wildman–Crippen LogP) is 2.24. The molecule has 7 heteroatoms. The fourth-order valence-corrected chi connectivity index (χ4v) is 6.14. The summed E-state index contributed by atoms with van der Waals surface area (Å²) >= 11 is 1.78. The van der Waals surface area contributed by atoms with Crippen LogP contribution in [0.5, 0.6) is 0 Å². The second kappa shape index (κ2) is 7.67. The molecule has 0 bridgehead atoms. The standard InChI is InChI=1S/C22H29N3O3S/c1-14-12-29-13-16(14)11-25-21(28)18(23-15(2)26)10-17-6-4-7-19(22(17,25)3)24-9-5-8-20(24)27/h4,6-7,13-14,18-19H,5,8-12H2,1-3H3,(H,23,26). The van der Waals surface area contributed by atoms with E-state index < -0.39 is 11.6 Å². The van der Waals surface area contributed by atoms with E-state index in [1.165, 1.54) is 12.5 Å². The summed E-state index contributed by atoms with van der Waals surface area (Å²) in [7, 11) is 0. The third-order valence-electron chi connectivity index (χ3n) is 6.74. The van der Waals surface area contributed by atoms with E-state index in [-0.39, 0.29) is 23.8 Å². The van der Waals surface area contributed by atoms with E-state index in [1.54, 1.807) is 11.8 Å². The van der Waals surface area contributed by atoms with Crippen molar-refractivity contribution in [3.05, 3.63) is 34.8 Å². The van der Waals surface area contributed by atoms with Crippen molar-refractivity contribution in [1.82, 2.24) is 15.1 Å². The lowest BCUT2D eigenvalue weighted by Crippen LogP contribution is -2.69. The molecule has 2 saturated heterocycles. The van der Waals surface area contributed by atoms with Crippen molar-refractivity contribution in [3.63, 3.8) is 0 Å². The van der Waals surface area contributed by atoms with Gasteiger partial charge in [-0.05, 0) is 35.8 Å². The third-order valence-corrected chi connectivity index (χ3v) is 7.91. The predicted molar refractivity (Wildman–Crippen MR) is 114 cm³/mol. The molecule has 29 heavy (non-hydrogen) atoms. The molecule has 1 aliphatic carbocycles. The normalized spacial score (nSPS) is 34.2. The summed E-state index contributed by atoms with van der Waals surface area (Å²) in [4.78, 5) is 41.8. The van der Waals surface area contributed by atoms with Crippen LogP contribution in [0.25, 0.3) is 0 Å². The molecular formula is C22H29N3O3S. The van der Waals surface area contributed by atoms with Crippen LogP contribution in [0, 0.1) is 5.92 Å². The number of carbonyl (C=O) groups is 3. The highest BCUT2D eigenvalue weighted by Crippen LogP contribution is 2.43. The van der Waals surface area contributed by atoms with E-state index >= 15 is 0 Å². The van der Waals surface area contributed by atoms with Gasteiger partial charge in [0.15, 0.2) is 0 Å². The molecule has 4 unspecified atom stereocenters. The minimum absolute atomic E-state index is 0.0585. The first-order valence-electron chi connectivity index (χ1n) is 10.4. The van der Waals surface area contributed by atoms with Gasteiger partial charge in [0.25, 0.3) is 0 Å². The van der Waals surface area contributed by atoms with Gasteiger partial charge < -0.3 is 15.1 Å². The van der Waals surface area contributed by atoms with Crippen molar-refractivity contribution in [3.8, 4) is 0 Å². The maximum Gasteiger partial charge on any atom is 0.246 e. The number of carbonyl (C=O) groups excluding carboxylic acids is 3. The molecule has 4 aliphatic rings. The van der Waals surface area contributed by atoms with E-state index in [2.05, 4.69) is 36.7 Å². The first-order chi connectivity index (χ1) is 13.8. The van der Waals surface area contributed by atoms with Crippen LogP contribution in [0.1, 0.15) is 40.0 Å². The Morgan fingerprint density at radius 1 is 1.38 bits per heavy atom. The average Bonchev–Trinajstić information content (AvgIpc) is 3.27. The molecule has 2 fully saturated rings. The fourth-order valence-electron chi connectivity index (χ4n) is 5.02. The molecule has 0 spiro atoms. The lowest BCUT2D eigenvalue weighted by molar-refractivity contribution is -0.146. The number of allylic oxidation sites excluding steroid dienone is 2. The Kier molecular flexibility index (Phi) is 5.36. The largest absolute Gasteiger partial charge is 0.344 e. The van der Waals surface area contributed by atoms with Crippen LogP contribution in [0.4, 0.5) is 0 Å². The van der Waals surface area contributed by atoms with Crippen molar-refractivity contribution in [2.75, 3.05) is 18.8 Å². The minimum atomic E-state index is -0.603. The van der Waals surface area contributed by atoms with Crippen molar-refractivity contribution in [2.24, 2.45) is 5.92 Å². The van der Waals surface area contributed by atoms with Crippen LogP contribution in [-0.2, 0) is 14.4 Å². The Morgan fingerprint density at radius 2 is 2.17 bits per heavy atom. The monoisotopic (exact) mass is 415 g/mol. The highest BCUT2D eigenvalue weighted by molar-refractivity contribution is 8.02. The van der Waals surface area contributed by atoms with Gasteiger partial charge in [-0.2, -0.15) is 0 Å². The molecule has 0 aromatic heterocycles. The number of thioether (sulfide) groups is 1. The SMILES string of the molecule is CC(=O)NC1CC2=CC=CC(N3CCCC3=O)C2(C)N(CC2=CSCC2C)C1=O. The second-order valence-corrected chi connectivity index (χ2v) is 9.57. The molecular weight excluding hydrogens is 386 g/mol. The van der Waals surface area contributed by atoms with Gasteiger partial charge in [0.2, 0.25) is 17.7 Å². The molecule has 0 saturated carbocycles. The molecule has 4 atom stereocenters. The Hall–Kier alpha value is -2.02. The Morgan fingerprint density at radius 3 is 2.79 bits per heavy atom. The molecule has 3 heterocycles. The van der Waals surface area contributed by atoms with E-state index in [1.807, 2.05) is 15.9 Å². The van der Waals surface area contributed by atoms with Crippen molar-refractivity contribution in [2.45, 2.75) is 57.7 Å². The topological polar surface area (TPSA) is 69.7 Å². The number of hydrogen-bond acceptors (Lipinski definition) is 4. The van der Waals surface area contributed by atoms with Crippen LogP contribution < -0.4 is 5.32 Å². The smallest absolute Gasteiger partial charge is 0.246 e. The molecule has 156 valence electrons. The summed E-state index contributed by atoms with van der Waals surface area (Å²) in [6.07, 6.45) is 8.04. The molecule has 3 aliphatic heterocycles. The Bertz CT molecular complexity index is 833. The summed E-state index contributed by atoms with van der Waals surface area (Å²) in [6, 6.07) is -0.733. The fraction of sp³-hybridized carbons (Fsp3) is 0.591. The van der Waals surface area contributed by atoms with E-state index in [9.17, 15) is 14.4 Å². The molecule has 0 aromatic rings. The van der Waals surface area contributed by atoms with Crippen LogP contribution in [-0.4, -0.2) is 64.0 Å². The zero-order valence-corrected chi connectivity index (χ0v) is 18.1. The average molecular weight is 416 g/mol. The Labute approximate surface area is 176 Å². The van der Waals surface area contributed by atoms with E-state index in [4.69, 9.17) is 0 Å². The zero-order chi connectivity index (χ0) is 20.8. The molecule has 0 radical (unpaired) electrons. The zero-order valence-electron chi connectivity index (χ0n) is 17.3. The van der Waals surface area contributed by atoms with Crippen molar-refractivity contribution in [1.29, 1.82) is 0 Å².